The number of aromatic nitrogens is 2. The Hall–Kier alpha value is -2.57. The molecule has 1 aliphatic rings. The Labute approximate surface area is 120 Å². The number of aliphatic carboxylic acids is 1. The summed E-state index contributed by atoms with van der Waals surface area (Å²) in [6, 6.07) is 5.51. The number of para-hydroxylation sites is 1. The van der Waals surface area contributed by atoms with Crippen LogP contribution in [0.3, 0.4) is 0 Å². The Morgan fingerprint density at radius 2 is 2.19 bits per heavy atom. The van der Waals surface area contributed by atoms with Gasteiger partial charge in [-0.3, -0.25) is 14.9 Å². The fourth-order valence-electron chi connectivity index (χ4n) is 2.43. The number of hydrogen-bond donors (Lipinski definition) is 2. The number of anilines is 1. The number of methoxy groups -OCH3 is 1. The van der Waals surface area contributed by atoms with Crippen molar-refractivity contribution in [3.63, 3.8) is 0 Å². The summed E-state index contributed by atoms with van der Waals surface area (Å²) in [7, 11) is 3.34. The maximum Gasteiger partial charge on any atom is 0.307 e. The highest BCUT2D eigenvalue weighted by Crippen LogP contribution is 2.39. The van der Waals surface area contributed by atoms with Crippen LogP contribution in [0.2, 0.25) is 0 Å². The third-order valence-electron chi connectivity index (χ3n) is 3.77. The zero-order valence-corrected chi connectivity index (χ0v) is 11.7. The average molecular weight is 289 g/mol. The van der Waals surface area contributed by atoms with E-state index < -0.39 is 17.8 Å². The smallest absolute Gasteiger partial charge is 0.307 e. The first-order valence-electron chi connectivity index (χ1n) is 6.56. The van der Waals surface area contributed by atoms with E-state index in [1.54, 1.807) is 24.8 Å². The molecule has 21 heavy (non-hydrogen) atoms. The third kappa shape index (κ3) is 2.20. The lowest BCUT2D eigenvalue weighted by atomic mass is 10.3. The van der Waals surface area contributed by atoms with Gasteiger partial charge in [-0.15, -0.1) is 0 Å². The van der Waals surface area contributed by atoms with Crippen molar-refractivity contribution < 1.29 is 19.4 Å². The summed E-state index contributed by atoms with van der Waals surface area (Å²) in [6.07, 6.45) is 0.383. The van der Waals surface area contributed by atoms with E-state index >= 15 is 0 Å². The van der Waals surface area contributed by atoms with Crippen molar-refractivity contribution >= 4 is 28.9 Å². The van der Waals surface area contributed by atoms with Crippen molar-refractivity contribution in [2.24, 2.45) is 18.9 Å². The molecule has 2 aromatic rings. The number of amides is 1. The Balaban J connectivity index is 1.86. The summed E-state index contributed by atoms with van der Waals surface area (Å²) in [6.45, 7) is 0. The van der Waals surface area contributed by atoms with Crippen LogP contribution in [0.4, 0.5) is 5.95 Å². The molecule has 3 rings (SSSR count). The topological polar surface area (TPSA) is 93.4 Å². The Bertz CT molecular complexity index is 737. The number of nitrogens with one attached hydrogen (secondary N) is 1. The van der Waals surface area contributed by atoms with Gasteiger partial charge in [-0.1, -0.05) is 6.07 Å². The van der Waals surface area contributed by atoms with E-state index in [0.717, 1.165) is 5.52 Å². The molecule has 1 amide bonds. The van der Waals surface area contributed by atoms with E-state index in [1.165, 1.54) is 0 Å². The number of fused-ring (bicyclic) bond motifs is 1. The second kappa shape index (κ2) is 4.76. The van der Waals surface area contributed by atoms with Gasteiger partial charge in [0.1, 0.15) is 11.3 Å². The monoisotopic (exact) mass is 289 g/mol. The van der Waals surface area contributed by atoms with Crippen LogP contribution >= 0.6 is 0 Å². The number of carbonyl (C=O) groups is 2. The highest BCUT2D eigenvalue weighted by molar-refractivity contribution is 5.98. The lowest BCUT2D eigenvalue weighted by molar-refractivity contribution is -0.139. The van der Waals surface area contributed by atoms with Crippen LogP contribution < -0.4 is 10.1 Å². The molecule has 110 valence electrons. The minimum Gasteiger partial charge on any atom is -0.494 e. The van der Waals surface area contributed by atoms with Gasteiger partial charge in [0.25, 0.3) is 0 Å². The fourth-order valence-corrected chi connectivity index (χ4v) is 2.43. The van der Waals surface area contributed by atoms with Crippen LogP contribution in [0.1, 0.15) is 6.42 Å². The summed E-state index contributed by atoms with van der Waals surface area (Å²) in [4.78, 5) is 27.2. The Morgan fingerprint density at radius 3 is 2.81 bits per heavy atom. The molecule has 1 aromatic carbocycles. The van der Waals surface area contributed by atoms with Gasteiger partial charge in [0, 0.05) is 7.05 Å². The average Bonchev–Trinajstić information content (AvgIpc) is 3.21. The van der Waals surface area contributed by atoms with Crippen molar-refractivity contribution in [1.29, 1.82) is 0 Å². The number of aryl methyl sites for hydroxylation is 1. The lowest BCUT2D eigenvalue weighted by Gasteiger charge is -2.04. The fraction of sp³-hybridized carbons (Fsp3) is 0.357. The largest absolute Gasteiger partial charge is 0.494 e. The Kier molecular flexibility index (Phi) is 3.04. The van der Waals surface area contributed by atoms with Gasteiger partial charge >= 0.3 is 5.97 Å². The normalized spacial score (nSPS) is 20.3. The first kappa shape index (κ1) is 13.4. The van der Waals surface area contributed by atoms with E-state index in [0.29, 0.717) is 23.6 Å². The number of rotatable bonds is 4. The number of benzene rings is 1. The molecule has 7 nitrogen and oxygen atoms in total. The predicted molar refractivity (Wildman–Crippen MR) is 75.1 cm³/mol. The molecule has 1 fully saturated rings. The highest BCUT2D eigenvalue weighted by Gasteiger charge is 2.48. The molecule has 0 spiro atoms. The molecular weight excluding hydrogens is 274 g/mol. The van der Waals surface area contributed by atoms with E-state index in [9.17, 15) is 9.59 Å². The number of ether oxygens (including phenoxy) is 1. The van der Waals surface area contributed by atoms with Crippen molar-refractivity contribution in [1.82, 2.24) is 9.55 Å². The number of carboxylic acid groups (broad SMARTS) is 1. The van der Waals surface area contributed by atoms with Gasteiger partial charge < -0.3 is 14.4 Å². The number of carboxylic acids is 1. The van der Waals surface area contributed by atoms with Crippen LogP contribution in [0.15, 0.2) is 18.2 Å². The summed E-state index contributed by atoms with van der Waals surface area (Å²) < 4.78 is 6.99. The first-order valence-corrected chi connectivity index (χ1v) is 6.56. The van der Waals surface area contributed by atoms with Gasteiger partial charge in [-0.05, 0) is 18.6 Å². The molecule has 7 heteroatoms. The van der Waals surface area contributed by atoms with Crippen LogP contribution in [0.5, 0.6) is 5.75 Å². The molecule has 0 bridgehead atoms. The predicted octanol–water partition coefficient (Wildman–Crippen LogP) is 1.24. The van der Waals surface area contributed by atoms with E-state index in [4.69, 9.17) is 9.84 Å². The van der Waals surface area contributed by atoms with E-state index in [2.05, 4.69) is 10.3 Å². The number of carbonyl (C=O) groups excluding carboxylic acids is 1. The molecule has 2 N–H and O–H groups in total. The molecule has 0 saturated heterocycles. The van der Waals surface area contributed by atoms with Crippen LogP contribution in [-0.4, -0.2) is 33.6 Å². The van der Waals surface area contributed by atoms with Crippen LogP contribution in [-0.2, 0) is 16.6 Å². The number of imidazole rings is 1. The minimum atomic E-state index is -0.929. The van der Waals surface area contributed by atoms with Gasteiger partial charge in [-0.25, -0.2) is 4.98 Å². The maximum atomic E-state index is 12.0. The zero-order valence-electron chi connectivity index (χ0n) is 11.7. The van der Waals surface area contributed by atoms with Crippen LogP contribution in [0, 0.1) is 11.8 Å². The summed E-state index contributed by atoms with van der Waals surface area (Å²) >= 11 is 0. The molecule has 1 aliphatic carbocycles. The molecular formula is C14H15N3O4. The maximum absolute atomic E-state index is 12.0. The Morgan fingerprint density at radius 1 is 1.43 bits per heavy atom. The molecule has 1 aromatic heterocycles. The lowest BCUT2D eigenvalue weighted by Crippen LogP contribution is -2.19. The zero-order chi connectivity index (χ0) is 15.1. The van der Waals surface area contributed by atoms with Crippen LogP contribution in [0.25, 0.3) is 11.0 Å². The quantitative estimate of drug-likeness (QED) is 0.883. The van der Waals surface area contributed by atoms with Gasteiger partial charge in [-0.2, -0.15) is 0 Å². The van der Waals surface area contributed by atoms with Crippen molar-refractivity contribution in [3.05, 3.63) is 18.2 Å². The molecule has 0 aliphatic heterocycles. The van der Waals surface area contributed by atoms with E-state index in [1.807, 2.05) is 12.1 Å². The molecule has 2 atom stereocenters. The minimum absolute atomic E-state index is 0.306. The molecule has 1 heterocycles. The van der Waals surface area contributed by atoms with E-state index in [-0.39, 0.29) is 5.91 Å². The second-order valence-electron chi connectivity index (χ2n) is 5.10. The molecule has 1 saturated carbocycles. The summed E-state index contributed by atoms with van der Waals surface area (Å²) in [5.74, 6) is -1.27. The second-order valence-corrected chi connectivity index (χ2v) is 5.10. The van der Waals surface area contributed by atoms with Gasteiger partial charge in [0.15, 0.2) is 0 Å². The summed E-state index contributed by atoms with van der Waals surface area (Å²) in [5.41, 5.74) is 1.48. The van der Waals surface area contributed by atoms with Gasteiger partial charge in [0.05, 0.1) is 24.5 Å². The molecule has 0 radical (unpaired) electrons. The standard InChI is InChI=1S/C14H15N3O4/c1-17-9-4-3-5-10(21-2)11(9)15-14(17)16-12(18)7-6-8(7)13(19)20/h3-5,7-8H,6H2,1-2H3,(H,19,20)(H,15,16,18)/t7-,8+/m1/s1. The number of hydrogen-bond acceptors (Lipinski definition) is 4. The highest BCUT2D eigenvalue weighted by atomic mass is 16.5. The SMILES string of the molecule is COc1cccc2c1nc(NC(=O)[C@@H]1C[C@@H]1C(=O)O)n2C. The third-order valence-corrected chi connectivity index (χ3v) is 3.77. The van der Waals surface area contributed by atoms with Crippen molar-refractivity contribution in [3.8, 4) is 5.75 Å². The van der Waals surface area contributed by atoms with Gasteiger partial charge in [0.2, 0.25) is 11.9 Å². The molecule has 0 unspecified atom stereocenters. The first-order chi connectivity index (χ1) is 10.0. The summed E-state index contributed by atoms with van der Waals surface area (Å²) in [5, 5.41) is 11.6. The number of nitrogens with zero attached hydrogens (tertiary/aromatic N) is 2. The van der Waals surface area contributed by atoms with Crippen molar-refractivity contribution in [2.75, 3.05) is 12.4 Å². The van der Waals surface area contributed by atoms with Crippen molar-refractivity contribution in [2.45, 2.75) is 6.42 Å².